The van der Waals surface area contributed by atoms with Crippen molar-refractivity contribution in [2.45, 2.75) is 50.2 Å². The number of aliphatic hydroxyl groups is 1. The van der Waals surface area contributed by atoms with Crippen molar-refractivity contribution in [3.05, 3.63) is 29.3 Å². The Labute approximate surface area is 275 Å². The molecule has 4 aromatic heterocycles. The second-order valence-electron chi connectivity index (χ2n) is 11.5. The molecule has 4 aromatic rings. The standard InChI is InChI=1S/C23H30N10O10P2S2/c1-9-14-11(40-20(9)33-8-29-13-18(33)30-22(25)31-19(13)35)3-38-44(36,46)43-15-10(2)21(32-7-28-12-16(24)26-6-27-17(12)32)41-23(15,4-34)5-39-45(37,47)42-14/h6-11,14-15,20-21,34H,3-5H2,1-2H3,(H,36,46)(H,37,47)(H2,24,26,27)(H3,25,30,31,35)/t9-,10-,11?,14+,15+,20-,21-,23-,44-,45-/m1/s1. The van der Waals surface area contributed by atoms with Gasteiger partial charge in [0, 0.05) is 11.8 Å². The van der Waals surface area contributed by atoms with Crippen molar-refractivity contribution in [3.8, 4) is 0 Å². The van der Waals surface area contributed by atoms with Crippen LogP contribution in [0.5, 0.6) is 0 Å². The molecular weight excluding hydrogens is 702 g/mol. The lowest BCUT2D eigenvalue weighted by Gasteiger charge is -2.35. The summed E-state index contributed by atoms with van der Waals surface area (Å²) in [6.07, 6.45) is -1.03. The van der Waals surface area contributed by atoms with Crippen molar-refractivity contribution in [3.63, 3.8) is 0 Å². The van der Waals surface area contributed by atoms with Crippen LogP contribution in [0.15, 0.2) is 23.8 Å². The van der Waals surface area contributed by atoms with Gasteiger partial charge < -0.3 is 26.0 Å². The molecule has 0 amide bonds. The summed E-state index contributed by atoms with van der Waals surface area (Å²) < 4.78 is 66.5. The Hall–Kier alpha value is -2.62. The van der Waals surface area contributed by atoms with E-state index >= 15 is 0 Å². The number of hydrogen-bond donors (Lipinski definition) is 6. The Balaban J connectivity index is 1.21. The molecule has 0 bridgehead atoms. The number of H-pyrrole nitrogens is 1. The third kappa shape index (κ3) is 5.68. The second kappa shape index (κ2) is 11.8. The maximum atomic E-state index is 13.8. The van der Waals surface area contributed by atoms with Crippen molar-refractivity contribution in [1.82, 2.24) is 39.0 Å². The zero-order valence-electron chi connectivity index (χ0n) is 24.6. The van der Waals surface area contributed by atoms with Gasteiger partial charge in [-0.2, -0.15) is 4.98 Å². The number of nitrogens with two attached hydrogens (primary N) is 2. The molecule has 7 heterocycles. The monoisotopic (exact) mass is 732 g/mol. The Morgan fingerprint density at radius 1 is 1.00 bits per heavy atom. The zero-order valence-corrected chi connectivity index (χ0v) is 28.2. The number of ether oxygens (including phenoxy) is 2. The van der Waals surface area contributed by atoms with E-state index in [1.54, 1.807) is 18.4 Å². The van der Waals surface area contributed by atoms with E-state index in [9.17, 15) is 19.0 Å². The maximum absolute atomic E-state index is 13.8. The fraction of sp³-hybridized carbons (Fsp3) is 0.565. The Morgan fingerprint density at radius 2 is 1.70 bits per heavy atom. The van der Waals surface area contributed by atoms with Gasteiger partial charge in [-0.1, -0.05) is 38.3 Å². The van der Waals surface area contributed by atoms with Crippen LogP contribution >= 0.6 is 38.1 Å². The summed E-state index contributed by atoms with van der Waals surface area (Å²) >= 11 is 8.45. The number of aliphatic hydroxyl groups excluding tert-OH is 1. The van der Waals surface area contributed by atoms with Gasteiger partial charge >= 0.3 is 13.6 Å². The van der Waals surface area contributed by atoms with Crippen LogP contribution in [0, 0.1) is 11.8 Å². The number of rotatable bonds is 3. The highest BCUT2D eigenvalue weighted by molar-refractivity contribution is 8.44. The highest BCUT2D eigenvalue weighted by Crippen LogP contribution is 2.62. The Morgan fingerprint density at radius 3 is 2.45 bits per heavy atom. The second-order valence-corrected chi connectivity index (χ2v) is 17.2. The van der Waals surface area contributed by atoms with Crippen molar-refractivity contribution in [2.75, 3.05) is 31.3 Å². The maximum Gasteiger partial charge on any atom is 0.386 e. The molecule has 0 radical (unpaired) electrons. The molecule has 6 N–H and O–H groups in total. The lowest BCUT2D eigenvalue weighted by Crippen LogP contribution is -2.49. The molecule has 3 saturated heterocycles. The SMILES string of the molecule is C[C@@H]1[C@@H]2O[P@](=O)(S)OC[C@@]3(CO)O[C@@H](n4cnc5c(N)ncnc54)[C@H](C)[C@@H]3O[P@](=O)(S)OCC2O[C@H]1n1cnc2c(=O)[nH]c(N)nc21. The summed E-state index contributed by atoms with van der Waals surface area (Å²) in [4.78, 5) is 35.5. The molecule has 0 spiro atoms. The third-order valence-corrected chi connectivity index (χ3v) is 11.7. The summed E-state index contributed by atoms with van der Waals surface area (Å²) in [5, 5.41) is 10.7. The smallest absolute Gasteiger partial charge is 0.386 e. The fourth-order valence-electron chi connectivity index (χ4n) is 6.24. The lowest BCUT2D eigenvalue weighted by molar-refractivity contribution is -0.143. The number of fused-ring (bicyclic) bond motifs is 4. The largest absolute Gasteiger partial charge is 0.393 e. The molecule has 0 saturated carbocycles. The fourth-order valence-corrected chi connectivity index (χ4v) is 9.38. The molecule has 1 unspecified atom stereocenters. The summed E-state index contributed by atoms with van der Waals surface area (Å²) in [5.41, 5.74) is 10.2. The Bertz CT molecular complexity index is 2010. The van der Waals surface area contributed by atoms with Crippen LogP contribution in [-0.4, -0.2) is 87.9 Å². The first kappa shape index (κ1) is 32.9. The predicted molar refractivity (Wildman–Crippen MR) is 169 cm³/mol. The van der Waals surface area contributed by atoms with Gasteiger partial charge in [-0.05, 0) is 0 Å². The molecule has 7 rings (SSSR count). The number of hydrogen-bond acceptors (Lipinski definition) is 17. The molecule has 20 nitrogen and oxygen atoms in total. The quantitative estimate of drug-likeness (QED) is 0.128. The molecule has 0 aliphatic carbocycles. The van der Waals surface area contributed by atoms with Crippen molar-refractivity contribution in [1.29, 1.82) is 0 Å². The minimum atomic E-state index is -4.24. The van der Waals surface area contributed by atoms with E-state index in [1.165, 1.54) is 23.5 Å². The van der Waals surface area contributed by atoms with E-state index in [1.807, 2.05) is 0 Å². The number of nitrogens with zero attached hydrogens (tertiary/aromatic N) is 7. The molecule has 24 heteroatoms. The van der Waals surface area contributed by atoms with Crippen molar-refractivity contribution >= 4 is 72.2 Å². The highest BCUT2D eigenvalue weighted by atomic mass is 32.7. The first-order chi connectivity index (χ1) is 22.2. The third-order valence-electron chi connectivity index (χ3n) is 8.48. The van der Waals surface area contributed by atoms with Gasteiger partial charge in [0.2, 0.25) is 5.95 Å². The van der Waals surface area contributed by atoms with Gasteiger partial charge in [-0.15, -0.1) is 0 Å². The zero-order chi connectivity index (χ0) is 33.5. The first-order valence-electron chi connectivity index (χ1n) is 14.1. The van der Waals surface area contributed by atoms with Crippen LogP contribution in [-0.2, 0) is 36.7 Å². The number of nitrogens with one attached hydrogen (secondary N) is 1. The molecule has 254 valence electrons. The summed E-state index contributed by atoms with van der Waals surface area (Å²) in [6, 6.07) is 0. The van der Waals surface area contributed by atoms with E-state index in [-0.39, 0.29) is 22.9 Å². The van der Waals surface area contributed by atoms with Crippen molar-refractivity contribution < 1.29 is 41.8 Å². The van der Waals surface area contributed by atoms with E-state index < -0.39 is 87.2 Å². The van der Waals surface area contributed by atoms with E-state index in [0.717, 1.165) is 0 Å². The average Bonchev–Trinajstić information content (AvgIpc) is 3.76. The van der Waals surface area contributed by atoms with Gasteiger partial charge in [0.1, 0.15) is 48.2 Å². The minimum Gasteiger partial charge on any atom is -0.393 e. The number of anilines is 2. The van der Waals surface area contributed by atoms with Gasteiger partial charge in [-0.25, -0.2) is 29.1 Å². The van der Waals surface area contributed by atoms with E-state index in [2.05, 4.69) is 54.4 Å². The number of imidazole rings is 2. The minimum absolute atomic E-state index is 0.0161. The number of nitrogen functional groups attached to an aromatic ring is 2. The predicted octanol–water partition coefficient (Wildman–Crippen LogP) is 1.45. The van der Waals surface area contributed by atoms with Crippen LogP contribution in [0.3, 0.4) is 0 Å². The molecular formula is C23H30N10O10P2S2. The normalized spacial score (nSPS) is 38.2. The van der Waals surface area contributed by atoms with Gasteiger partial charge in [0.05, 0.1) is 32.5 Å². The summed E-state index contributed by atoms with van der Waals surface area (Å²) in [7, 11) is 0. The topological polar surface area (TPSA) is 269 Å². The van der Waals surface area contributed by atoms with E-state index in [4.69, 9.17) is 39.0 Å². The first-order valence-corrected chi connectivity index (χ1v) is 19.5. The number of aromatic nitrogens is 8. The van der Waals surface area contributed by atoms with E-state index in [0.29, 0.717) is 11.2 Å². The molecule has 0 aromatic carbocycles. The van der Waals surface area contributed by atoms with Crippen LogP contribution in [0.4, 0.5) is 11.8 Å². The average molecular weight is 733 g/mol. The molecule has 3 aliphatic heterocycles. The highest BCUT2D eigenvalue weighted by Gasteiger charge is 2.59. The number of aromatic amines is 1. The number of thiol groups is 2. The van der Waals surface area contributed by atoms with Crippen LogP contribution < -0.4 is 17.0 Å². The van der Waals surface area contributed by atoms with Gasteiger partial charge in [0.15, 0.2) is 22.6 Å². The summed E-state index contributed by atoms with van der Waals surface area (Å²) in [6.45, 7) is -6.78. The van der Waals surface area contributed by atoms with Gasteiger partial charge in [0.25, 0.3) is 5.56 Å². The lowest BCUT2D eigenvalue weighted by atomic mass is 9.92. The van der Waals surface area contributed by atoms with Crippen LogP contribution in [0.2, 0.25) is 0 Å². The van der Waals surface area contributed by atoms with Crippen LogP contribution in [0.1, 0.15) is 26.3 Å². The Kier molecular flexibility index (Phi) is 8.24. The summed E-state index contributed by atoms with van der Waals surface area (Å²) in [5.74, 6) is -1.29. The van der Waals surface area contributed by atoms with Crippen LogP contribution in [0.25, 0.3) is 22.3 Å². The molecule has 3 aliphatic rings. The molecule has 3 fully saturated rings. The van der Waals surface area contributed by atoms with Gasteiger partial charge in [-0.3, -0.25) is 37.0 Å². The molecule has 10 atom stereocenters. The molecule has 47 heavy (non-hydrogen) atoms. The van der Waals surface area contributed by atoms with Crippen molar-refractivity contribution in [2.24, 2.45) is 11.8 Å².